The Kier molecular flexibility index (Phi) is 6.11. The third kappa shape index (κ3) is 3.30. The Bertz CT molecular complexity index is 1960. The predicted octanol–water partition coefficient (Wildman–Crippen LogP) is 9.71. The summed E-state index contributed by atoms with van der Waals surface area (Å²) in [5.74, 6) is 0. The van der Waals surface area contributed by atoms with Gasteiger partial charge in [0.2, 0.25) is 0 Å². The second kappa shape index (κ2) is 9.58. The number of benzene rings is 5. The standard InChI is InChI=1S/C37H39NO2/c1-5-9-13-22-19-27-32-30-25(22)17-15-21-16-18-26-23(14-10-6-2)20-28(33(32)31(26)29(21)30)35-34(27)36(39)38(37(35)40)24(11-7-3)12-8-4/h15-20,24H,5-14H2,1-4H3. The lowest BCUT2D eigenvalue weighted by Gasteiger charge is -2.15. The maximum absolute atomic E-state index is 14.4. The van der Waals surface area contributed by atoms with Gasteiger partial charge in [-0.2, -0.15) is 0 Å². The van der Waals surface area contributed by atoms with Crippen LogP contribution in [0.15, 0.2) is 46.0 Å². The fourth-order valence-corrected chi connectivity index (χ4v) is 7.90. The lowest BCUT2D eigenvalue weighted by atomic mass is 9.90. The molecule has 6 aromatic carbocycles. The molecule has 0 amide bonds. The highest BCUT2D eigenvalue weighted by molar-refractivity contribution is 6.48. The maximum atomic E-state index is 14.4. The van der Waals surface area contributed by atoms with Crippen LogP contribution in [0.2, 0.25) is 0 Å². The average molecular weight is 530 g/mol. The summed E-state index contributed by atoms with van der Waals surface area (Å²) in [6.07, 6.45) is 10.0. The van der Waals surface area contributed by atoms with Crippen molar-refractivity contribution in [3.05, 3.63) is 68.2 Å². The van der Waals surface area contributed by atoms with E-state index in [9.17, 15) is 9.59 Å². The molecule has 0 N–H and O–H groups in total. The molecule has 1 heterocycles. The summed E-state index contributed by atoms with van der Waals surface area (Å²) in [7, 11) is 0. The number of nitrogens with zero attached hydrogens (tertiary/aromatic N) is 1. The molecule has 0 fully saturated rings. The molecule has 0 saturated heterocycles. The zero-order valence-corrected chi connectivity index (χ0v) is 24.4. The fourth-order valence-electron chi connectivity index (χ4n) is 7.90. The molecular formula is C37H39NO2. The average Bonchev–Trinajstić information content (AvgIpc) is 3.45. The molecule has 0 unspecified atom stereocenters. The van der Waals surface area contributed by atoms with Gasteiger partial charge in [0, 0.05) is 6.04 Å². The Morgan fingerprint density at radius 1 is 0.550 bits per heavy atom. The number of fused-ring (bicyclic) bond motifs is 3. The normalized spacial score (nSPS) is 12.9. The highest BCUT2D eigenvalue weighted by atomic mass is 16.2. The summed E-state index contributed by atoms with van der Waals surface area (Å²) in [4.78, 5) is 28.9. The van der Waals surface area contributed by atoms with E-state index < -0.39 is 0 Å². The molecule has 204 valence electrons. The highest BCUT2D eigenvalue weighted by Gasteiger charge is 2.29. The van der Waals surface area contributed by atoms with E-state index in [1.165, 1.54) is 54.2 Å². The van der Waals surface area contributed by atoms with Crippen molar-refractivity contribution in [3.63, 3.8) is 0 Å². The van der Waals surface area contributed by atoms with E-state index >= 15 is 0 Å². The number of hydrogen-bond acceptors (Lipinski definition) is 2. The number of hydrogen-bond donors (Lipinski definition) is 0. The first-order valence-electron chi connectivity index (χ1n) is 15.7. The molecule has 40 heavy (non-hydrogen) atoms. The van der Waals surface area contributed by atoms with E-state index in [4.69, 9.17) is 0 Å². The molecule has 7 aromatic rings. The van der Waals surface area contributed by atoms with Crippen molar-refractivity contribution in [2.45, 2.75) is 97.9 Å². The minimum absolute atomic E-state index is 0.0438. The Labute approximate surface area is 235 Å². The van der Waals surface area contributed by atoms with Crippen molar-refractivity contribution < 1.29 is 0 Å². The van der Waals surface area contributed by atoms with Crippen LogP contribution in [0, 0.1) is 0 Å². The van der Waals surface area contributed by atoms with Crippen LogP contribution in [0.1, 0.15) is 96.2 Å². The van der Waals surface area contributed by atoms with Crippen molar-refractivity contribution in [2.24, 2.45) is 0 Å². The topological polar surface area (TPSA) is 39.1 Å². The van der Waals surface area contributed by atoms with Crippen LogP contribution in [-0.2, 0) is 12.8 Å². The third-order valence-electron chi connectivity index (χ3n) is 9.67. The smallest absolute Gasteiger partial charge is 0.262 e. The second-order valence-corrected chi connectivity index (χ2v) is 12.2. The molecule has 3 nitrogen and oxygen atoms in total. The summed E-state index contributed by atoms with van der Waals surface area (Å²) in [6, 6.07) is 13.7. The van der Waals surface area contributed by atoms with E-state index in [1.807, 2.05) is 0 Å². The molecule has 0 aliphatic heterocycles. The second-order valence-electron chi connectivity index (χ2n) is 12.2. The third-order valence-corrected chi connectivity index (χ3v) is 9.67. The number of unbranched alkanes of at least 4 members (excludes halogenated alkanes) is 2. The SMILES string of the molecule is CCCCc1cc2c3c(=O)n(C(CCC)CCC)c(=O)c3c3cc(CCCC)c4ccc5ccc1c1c5c4c3c21. The van der Waals surface area contributed by atoms with E-state index in [-0.39, 0.29) is 17.2 Å². The van der Waals surface area contributed by atoms with Crippen molar-refractivity contribution in [1.29, 1.82) is 0 Å². The summed E-state index contributed by atoms with van der Waals surface area (Å²) < 4.78 is 1.65. The fraction of sp³-hybridized carbons (Fsp3) is 0.405. The van der Waals surface area contributed by atoms with Crippen molar-refractivity contribution >= 4 is 64.6 Å². The summed E-state index contributed by atoms with van der Waals surface area (Å²) in [5, 5.41) is 13.6. The first-order chi connectivity index (χ1) is 19.5. The number of aromatic nitrogens is 1. The minimum atomic E-state index is -0.0760. The lowest BCUT2D eigenvalue weighted by Crippen LogP contribution is -2.30. The van der Waals surface area contributed by atoms with Gasteiger partial charge in [-0.05, 0) is 116 Å². The van der Waals surface area contributed by atoms with Gasteiger partial charge in [0.1, 0.15) is 0 Å². The van der Waals surface area contributed by atoms with Gasteiger partial charge in [0.05, 0.1) is 10.8 Å². The lowest BCUT2D eigenvalue weighted by molar-refractivity contribution is 0.413. The Hall–Kier alpha value is -3.46. The van der Waals surface area contributed by atoms with Gasteiger partial charge in [-0.15, -0.1) is 0 Å². The molecule has 0 atom stereocenters. The van der Waals surface area contributed by atoms with Crippen molar-refractivity contribution in [2.75, 3.05) is 0 Å². The molecule has 0 saturated carbocycles. The predicted molar refractivity (Wildman–Crippen MR) is 173 cm³/mol. The van der Waals surface area contributed by atoms with E-state index in [0.29, 0.717) is 10.8 Å². The number of rotatable bonds is 11. The molecule has 0 bridgehead atoms. The Balaban J connectivity index is 1.76. The first kappa shape index (κ1) is 25.5. The van der Waals surface area contributed by atoms with Gasteiger partial charge in [0.15, 0.2) is 0 Å². The molecule has 7 rings (SSSR count). The minimum Gasteiger partial charge on any atom is -0.271 e. The molecule has 1 aromatic heterocycles. The summed E-state index contributed by atoms with van der Waals surface area (Å²) in [6.45, 7) is 8.76. The van der Waals surface area contributed by atoms with Crippen LogP contribution in [0.4, 0.5) is 0 Å². The van der Waals surface area contributed by atoms with Crippen molar-refractivity contribution in [3.8, 4) is 0 Å². The Morgan fingerprint density at radius 2 is 1.00 bits per heavy atom. The van der Waals surface area contributed by atoms with Gasteiger partial charge in [-0.3, -0.25) is 14.2 Å². The largest absolute Gasteiger partial charge is 0.271 e. The van der Waals surface area contributed by atoms with Crippen molar-refractivity contribution in [1.82, 2.24) is 4.57 Å². The molecule has 3 heteroatoms. The van der Waals surface area contributed by atoms with E-state index in [1.54, 1.807) is 4.57 Å². The van der Waals surface area contributed by atoms with E-state index in [0.717, 1.165) is 75.0 Å². The Morgan fingerprint density at radius 3 is 1.43 bits per heavy atom. The molecule has 0 radical (unpaired) electrons. The zero-order chi connectivity index (χ0) is 27.7. The molecular weight excluding hydrogens is 490 g/mol. The summed E-state index contributed by atoms with van der Waals surface area (Å²) >= 11 is 0. The van der Waals surface area contributed by atoms with Gasteiger partial charge >= 0.3 is 0 Å². The van der Waals surface area contributed by atoms with Crippen LogP contribution in [0.25, 0.3) is 64.6 Å². The van der Waals surface area contributed by atoms with Crippen LogP contribution >= 0.6 is 0 Å². The van der Waals surface area contributed by atoms with Crippen LogP contribution in [-0.4, -0.2) is 4.57 Å². The van der Waals surface area contributed by atoms with Gasteiger partial charge in [-0.25, -0.2) is 0 Å². The van der Waals surface area contributed by atoms with Gasteiger partial charge < -0.3 is 0 Å². The van der Waals surface area contributed by atoms with Crippen LogP contribution in [0.5, 0.6) is 0 Å². The quantitative estimate of drug-likeness (QED) is 0.156. The van der Waals surface area contributed by atoms with Crippen LogP contribution in [0.3, 0.4) is 0 Å². The molecule has 0 aliphatic carbocycles. The maximum Gasteiger partial charge on any atom is 0.262 e. The van der Waals surface area contributed by atoms with E-state index in [2.05, 4.69) is 64.1 Å². The molecule has 0 spiro atoms. The van der Waals surface area contributed by atoms with Gasteiger partial charge in [0.25, 0.3) is 11.1 Å². The first-order valence-corrected chi connectivity index (χ1v) is 15.7. The zero-order valence-electron chi connectivity index (χ0n) is 24.4. The molecule has 0 aliphatic rings. The number of aryl methyl sites for hydroxylation is 2. The monoisotopic (exact) mass is 529 g/mol. The van der Waals surface area contributed by atoms with Crippen LogP contribution < -0.4 is 11.1 Å². The highest BCUT2D eigenvalue weighted by Crippen LogP contribution is 2.51. The van der Waals surface area contributed by atoms with Gasteiger partial charge in [-0.1, -0.05) is 77.6 Å². The summed E-state index contributed by atoms with van der Waals surface area (Å²) in [5.41, 5.74) is 2.46.